The highest BCUT2D eigenvalue weighted by Crippen LogP contribution is 2.39. The number of benzene rings is 2. The third kappa shape index (κ3) is 5.98. The Labute approximate surface area is 172 Å². The van der Waals surface area contributed by atoms with Crippen LogP contribution < -0.4 is 19.6 Å². The van der Waals surface area contributed by atoms with E-state index in [0.717, 1.165) is 11.3 Å². The maximum absolute atomic E-state index is 12.8. The molecular formula is C23H30N2O4. The fourth-order valence-corrected chi connectivity index (χ4v) is 2.83. The molecule has 0 atom stereocenters. The Morgan fingerprint density at radius 2 is 1.45 bits per heavy atom. The summed E-state index contributed by atoms with van der Waals surface area (Å²) in [7, 11) is 0. The van der Waals surface area contributed by atoms with E-state index in [-0.39, 0.29) is 11.8 Å². The maximum Gasteiger partial charge on any atom is 0.271 e. The predicted octanol–water partition coefficient (Wildman–Crippen LogP) is 4.67. The molecule has 0 saturated carbocycles. The van der Waals surface area contributed by atoms with Gasteiger partial charge in [-0.05, 0) is 44.4 Å². The number of hydrazone groups is 1. The van der Waals surface area contributed by atoms with Crippen LogP contribution in [0.1, 0.15) is 50.5 Å². The van der Waals surface area contributed by atoms with E-state index >= 15 is 0 Å². The van der Waals surface area contributed by atoms with Gasteiger partial charge in [-0.1, -0.05) is 44.2 Å². The quantitative estimate of drug-likeness (QED) is 0.466. The van der Waals surface area contributed by atoms with Crippen LogP contribution in [0.25, 0.3) is 0 Å². The standard InChI is InChI=1S/C23H30N2O4/c1-6-27-19-14-18(15-20(28-7-2)22(19)29-8-3)23(26)25-24-21(16(4)5)17-12-10-9-11-13-17/h9-16H,6-8H2,1-5H3,(H,25,26). The largest absolute Gasteiger partial charge is 0.490 e. The van der Waals surface area contributed by atoms with Crippen molar-refractivity contribution in [1.82, 2.24) is 5.43 Å². The summed E-state index contributed by atoms with van der Waals surface area (Å²) in [6.45, 7) is 11.1. The predicted molar refractivity (Wildman–Crippen MR) is 115 cm³/mol. The molecular weight excluding hydrogens is 368 g/mol. The van der Waals surface area contributed by atoms with Crippen LogP contribution in [0.3, 0.4) is 0 Å². The maximum atomic E-state index is 12.8. The lowest BCUT2D eigenvalue weighted by molar-refractivity contribution is 0.0953. The highest BCUT2D eigenvalue weighted by molar-refractivity contribution is 6.03. The monoisotopic (exact) mass is 398 g/mol. The minimum Gasteiger partial charge on any atom is -0.490 e. The second kappa shape index (κ2) is 11.1. The van der Waals surface area contributed by atoms with Crippen LogP contribution in [0.15, 0.2) is 47.6 Å². The fourth-order valence-electron chi connectivity index (χ4n) is 2.83. The normalized spacial score (nSPS) is 11.3. The van der Waals surface area contributed by atoms with Crippen LogP contribution in [0.4, 0.5) is 0 Å². The molecule has 0 unspecified atom stereocenters. The van der Waals surface area contributed by atoms with E-state index in [4.69, 9.17) is 14.2 Å². The molecule has 0 fully saturated rings. The molecule has 156 valence electrons. The fraction of sp³-hybridized carbons (Fsp3) is 0.391. The molecule has 0 radical (unpaired) electrons. The van der Waals surface area contributed by atoms with Crippen molar-refractivity contribution in [2.24, 2.45) is 11.0 Å². The van der Waals surface area contributed by atoms with Gasteiger partial charge in [0.1, 0.15) is 0 Å². The summed E-state index contributed by atoms with van der Waals surface area (Å²) in [6, 6.07) is 13.1. The van der Waals surface area contributed by atoms with Gasteiger partial charge in [0.15, 0.2) is 11.5 Å². The summed E-state index contributed by atoms with van der Waals surface area (Å²) >= 11 is 0. The topological polar surface area (TPSA) is 69.2 Å². The molecule has 0 aliphatic rings. The average molecular weight is 399 g/mol. The molecule has 0 aliphatic heterocycles. The van der Waals surface area contributed by atoms with E-state index < -0.39 is 0 Å². The van der Waals surface area contributed by atoms with Crippen molar-refractivity contribution in [3.05, 3.63) is 53.6 Å². The molecule has 0 aromatic heterocycles. The first-order valence-corrected chi connectivity index (χ1v) is 10.0. The first kappa shape index (κ1) is 22.3. The smallest absolute Gasteiger partial charge is 0.271 e. The van der Waals surface area contributed by atoms with Gasteiger partial charge in [-0.15, -0.1) is 0 Å². The van der Waals surface area contributed by atoms with Gasteiger partial charge in [0.2, 0.25) is 5.75 Å². The number of carbonyl (C=O) groups is 1. The summed E-state index contributed by atoms with van der Waals surface area (Å²) in [5, 5.41) is 4.38. The Morgan fingerprint density at radius 3 is 1.93 bits per heavy atom. The number of nitrogens with one attached hydrogen (secondary N) is 1. The molecule has 0 bridgehead atoms. The van der Waals surface area contributed by atoms with Crippen LogP contribution in [-0.2, 0) is 0 Å². The molecule has 2 aromatic carbocycles. The zero-order chi connectivity index (χ0) is 21.2. The molecule has 29 heavy (non-hydrogen) atoms. The molecule has 2 rings (SSSR count). The van der Waals surface area contributed by atoms with E-state index in [2.05, 4.69) is 10.5 Å². The van der Waals surface area contributed by atoms with Crippen LogP contribution in [-0.4, -0.2) is 31.4 Å². The molecule has 0 aliphatic carbocycles. The minimum absolute atomic E-state index is 0.149. The van der Waals surface area contributed by atoms with Gasteiger partial charge < -0.3 is 14.2 Å². The highest BCUT2D eigenvalue weighted by Gasteiger charge is 2.18. The van der Waals surface area contributed by atoms with E-state index in [1.54, 1.807) is 12.1 Å². The average Bonchev–Trinajstić information content (AvgIpc) is 2.71. The molecule has 1 amide bonds. The third-order valence-corrected chi connectivity index (χ3v) is 4.07. The first-order valence-electron chi connectivity index (χ1n) is 10.0. The van der Waals surface area contributed by atoms with E-state index in [1.165, 1.54) is 0 Å². The molecule has 0 heterocycles. The van der Waals surface area contributed by atoms with Gasteiger partial charge in [0.05, 0.1) is 25.5 Å². The molecule has 2 aromatic rings. The Bertz CT molecular complexity index is 805. The number of hydrogen-bond donors (Lipinski definition) is 1. The SMILES string of the molecule is CCOc1cc(C(=O)NN=C(c2ccccc2)C(C)C)cc(OCC)c1OCC. The third-order valence-electron chi connectivity index (χ3n) is 4.07. The zero-order valence-corrected chi connectivity index (χ0v) is 17.8. The number of rotatable bonds is 10. The summed E-state index contributed by atoms with van der Waals surface area (Å²) < 4.78 is 17.0. The van der Waals surface area contributed by atoms with Crippen molar-refractivity contribution in [2.75, 3.05) is 19.8 Å². The van der Waals surface area contributed by atoms with Crippen molar-refractivity contribution < 1.29 is 19.0 Å². The first-order chi connectivity index (χ1) is 14.0. The highest BCUT2D eigenvalue weighted by atomic mass is 16.5. The van der Waals surface area contributed by atoms with Crippen LogP contribution >= 0.6 is 0 Å². The second-order valence-corrected chi connectivity index (χ2v) is 6.56. The van der Waals surface area contributed by atoms with Crippen LogP contribution in [0.5, 0.6) is 17.2 Å². The van der Waals surface area contributed by atoms with Crippen molar-refractivity contribution in [3.63, 3.8) is 0 Å². The van der Waals surface area contributed by atoms with Crippen molar-refractivity contribution >= 4 is 11.6 Å². The second-order valence-electron chi connectivity index (χ2n) is 6.56. The molecule has 6 nitrogen and oxygen atoms in total. The van der Waals surface area contributed by atoms with Crippen LogP contribution in [0, 0.1) is 5.92 Å². The molecule has 6 heteroatoms. The van der Waals surface area contributed by atoms with Crippen molar-refractivity contribution in [3.8, 4) is 17.2 Å². The number of ether oxygens (including phenoxy) is 3. The van der Waals surface area contributed by atoms with Crippen LogP contribution in [0.2, 0.25) is 0 Å². The molecule has 1 N–H and O–H groups in total. The lowest BCUT2D eigenvalue weighted by Gasteiger charge is -2.17. The van der Waals surface area contributed by atoms with Gasteiger partial charge in [-0.25, -0.2) is 5.43 Å². The van der Waals surface area contributed by atoms with E-state index in [1.807, 2.05) is 65.0 Å². The van der Waals surface area contributed by atoms with Gasteiger partial charge in [-0.3, -0.25) is 4.79 Å². The summed E-state index contributed by atoms with van der Waals surface area (Å²) in [5.41, 5.74) is 4.83. The Kier molecular flexibility index (Phi) is 8.52. The Hall–Kier alpha value is -3.02. The summed E-state index contributed by atoms with van der Waals surface area (Å²) in [6.07, 6.45) is 0. The van der Waals surface area contributed by atoms with Gasteiger partial charge >= 0.3 is 0 Å². The molecule has 0 saturated heterocycles. The zero-order valence-electron chi connectivity index (χ0n) is 17.8. The Morgan fingerprint density at radius 1 is 0.897 bits per heavy atom. The minimum atomic E-state index is -0.343. The Balaban J connectivity index is 2.35. The van der Waals surface area contributed by atoms with Crippen molar-refractivity contribution in [2.45, 2.75) is 34.6 Å². The number of amides is 1. The van der Waals surface area contributed by atoms with Gasteiger partial charge in [0.25, 0.3) is 5.91 Å². The number of carbonyl (C=O) groups excluding carboxylic acids is 1. The van der Waals surface area contributed by atoms with Gasteiger partial charge in [-0.2, -0.15) is 5.10 Å². The van der Waals surface area contributed by atoms with Gasteiger partial charge in [0, 0.05) is 5.56 Å². The lowest BCUT2D eigenvalue weighted by atomic mass is 10.0. The summed E-state index contributed by atoms with van der Waals surface area (Å²) in [4.78, 5) is 12.8. The lowest BCUT2D eigenvalue weighted by Crippen LogP contribution is -2.22. The summed E-state index contributed by atoms with van der Waals surface area (Å²) in [5.74, 6) is 1.26. The molecule has 0 spiro atoms. The van der Waals surface area contributed by atoms with E-state index in [9.17, 15) is 4.79 Å². The van der Waals surface area contributed by atoms with Crippen molar-refractivity contribution in [1.29, 1.82) is 0 Å². The number of nitrogens with zero attached hydrogens (tertiary/aromatic N) is 1. The number of hydrogen-bond acceptors (Lipinski definition) is 5. The van der Waals surface area contributed by atoms with E-state index in [0.29, 0.717) is 42.6 Å².